The molecule has 1 aromatic carbocycles. The van der Waals surface area contributed by atoms with Gasteiger partial charge in [-0.25, -0.2) is 8.78 Å². The van der Waals surface area contributed by atoms with Crippen LogP contribution in [-0.4, -0.2) is 42.9 Å². The fraction of sp³-hybridized carbons (Fsp3) is 0.556. The number of ether oxygens (including phenoxy) is 1. The molecule has 4 nitrogen and oxygen atoms in total. The molecule has 1 aromatic rings. The molecule has 0 saturated carbocycles. The molecule has 1 atom stereocenters. The highest BCUT2D eigenvalue weighted by Crippen LogP contribution is 2.26. The van der Waals surface area contributed by atoms with Crippen LogP contribution in [0.4, 0.5) is 8.78 Å². The number of halogens is 2. The van der Waals surface area contributed by atoms with Gasteiger partial charge in [-0.15, -0.1) is 0 Å². The van der Waals surface area contributed by atoms with Crippen molar-refractivity contribution < 1.29 is 23.1 Å². The molecule has 24 heavy (non-hydrogen) atoms. The maximum atomic E-state index is 13.8. The average Bonchev–Trinajstić information content (AvgIpc) is 2.63. The quantitative estimate of drug-likeness (QED) is 0.797. The SMILES string of the molecule is O=C(c1cc(F)ccc1F)C1CCCN(C(=O)C2CCOCC2)C1. The van der Waals surface area contributed by atoms with Gasteiger partial charge in [-0.05, 0) is 43.9 Å². The van der Waals surface area contributed by atoms with Crippen molar-refractivity contribution in [3.63, 3.8) is 0 Å². The lowest BCUT2D eigenvalue weighted by Gasteiger charge is -2.35. The van der Waals surface area contributed by atoms with E-state index in [-0.39, 0.29) is 23.9 Å². The third-order valence-corrected chi connectivity index (χ3v) is 4.87. The molecule has 0 bridgehead atoms. The third-order valence-electron chi connectivity index (χ3n) is 4.87. The number of carbonyl (C=O) groups is 2. The summed E-state index contributed by atoms with van der Waals surface area (Å²) in [6.45, 7) is 2.07. The summed E-state index contributed by atoms with van der Waals surface area (Å²) in [7, 11) is 0. The van der Waals surface area contributed by atoms with Crippen LogP contribution in [0.5, 0.6) is 0 Å². The van der Waals surface area contributed by atoms with Crippen LogP contribution < -0.4 is 0 Å². The van der Waals surface area contributed by atoms with Crippen molar-refractivity contribution in [3.8, 4) is 0 Å². The number of piperidine rings is 1. The molecule has 2 aliphatic rings. The molecule has 6 heteroatoms. The molecular formula is C18H21F2NO3. The highest BCUT2D eigenvalue weighted by molar-refractivity contribution is 5.98. The molecule has 0 aromatic heterocycles. The van der Waals surface area contributed by atoms with Gasteiger partial charge in [0.05, 0.1) is 5.56 Å². The van der Waals surface area contributed by atoms with Gasteiger partial charge in [-0.1, -0.05) is 0 Å². The highest BCUT2D eigenvalue weighted by atomic mass is 19.1. The number of hydrogen-bond acceptors (Lipinski definition) is 3. The lowest BCUT2D eigenvalue weighted by molar-refractivity contribution is -0.140. The molecule has 2 heterocycles. The van der Waals surface area contributed by atoms with E-state index in [9.17, 15) is 18.4 Å². The molecule has 0 spiro atoms. The number of likely N-dealkylation sites (tertiary alicyclic amines) is 1. The molecule has 0 N–H and O–H groups in total. The first kappa shape index (κ1) is 17.0. The van der Waals surface area contributed by atoms with Gasteiger partial charge in [0.25, 0.3) is 0 Å². The monoisotopic (exact) mass is 337 g/mol. The van der Waals surface area contributed by atoms with Gasteiger partial charge in [-0.3, -0.25) is 9.59 Å². The van der Waals surface area contributed by atoms with Crippen LogP contribution in [0, 0.1) is 23.5 Å². The van der Waals surface area contributed by atoms with Crippen LogP contribution in [0.25, 0.3) is 0 Å². The van der Waals surface area contributed by atoms with E-state index in [1.807, 2.05) is 0 Å². The molecule has 2 fully saturated rings. The number of carbonyl (C=O) groups excluding carboxylic acids is 2. The van der Waals surface area contributed by atoms with Gasteiger partial charge in [0.2, 0.25) is 5.91 Å². The van der Waals surface area contributed by atoms with Crippen LogP contribution in [0.3, 0.4) is 0 Å². The molecule has 0 radical (unpaired) electrons. The van der Waals surface area contributed by atoms with Crippen molar-refractivity contribution >= 4 is 11.7 Å². The molecule has 130 valence electrons. The number of Topliss-reactive ketones (excluding diaryl/α,β-unsaturated/α-hetero) is 1. The van der Waals surface area contributed by atoms with Crippen LogP contribution in [0.1, 0.15) is 36.0 Å². The van der Waals surface area contributed by atoms with E-state index in [1.54, 1.807) is 4.90 Å². The Labute approximate surface area is 139 Å². The van der Waals surface area contributed by atoms with E-state index in [1.165, 1.54) is 0 Å². The molecule has 2 aliphatic heterocycles. The van der Waals surface area contributed by atoms with Crippen LogP contribution in [-0.2, 0) is 9.53 Å². The minimum atomic E-state index is -0.714. The number of benzene rings is 1. The zero-order valence-corrected chi connectivity index (χ0v) is 13.5. The number of nitrogens with zero attached hydrogens (tertiary/aromatic N) is 1. The van der Waals surface area contributed by atoms with Gasteiger partial charge < -0.3 is 9.64 Å². The van der Waals surface area contributed by atoms with Gasteiger partial charge in [-0.2, -0.15) is 0 Å². The Kier molecular flexibility index (Phi) is 5.23. The number of hydrogen-bond donors (Lipinski definition) is 0. The summed E-state index contributed by atoms with van der Waals surface area (Å²) in [4.78, 5) is 26.9. The predicted molar refractivity (Wildman–Crippen MR) is 83.5 cm³/mol. The van der Waals surface area contributed by atoms with Gasteiger partial charge in [0, 0.05) is 38.1 Å². The standard InChI is InChI=1S/C18H21F2NO3/c19-14-3-4-16(20)15(10-14)17(22)13-2-1-7-21(11-13)18(23)12-5-8-24-9-6-12/h3-4,10,12-13H,1-2,5-9,11H2. The summed E-state index contributed by atoms with van der Waals surface area (Å²) < 4.78 is 32.4. The summed E-state index contributed by atoms with van der Waals surface area (Å²) >= 11 is 0. The first-order valence-corrected chi connectivity index (χ1v) is 8.42. The second-order valence-corrected chi connectivity index (χ2v) is 6.50. The summed E-state index contributed by atoms with van der Waals surface area (Å²) in [5.41, 5.74) is -0.222. The largest absolute Gasteiger partial charge is 0.381 e. The molecule has 2 saturated heterocycles. The predicted octanol–water partition coefficient (Wildman–Crippen LogP) is 2.81. The normalized spacial score (nSPS) is 22.4. The fourth-order valence-corrected chi connectivity index (χ4v) is 3.50. The topological polar surface area (TPSA) is 46.6 Å². The van der Waals surface area contributed by atoms with E-state index in [2.05, 4.69) is 0 Å². The third kappa shape index (κ3) is 3.64. The van der Waals surface area contributed by atoms with Gasteiger partial charge in [0.1, 0.15) is 11.6 Å². The van der Waals surface area contributed by atoms with E-state index >= 15 is 0 Å². The van der Waals surface area contributed by atoms with Crippen molar-refractivity contribution in [2.75, 3.05) is 26.3 Å². The zero-order valence-electron chi connectivity index (χ0n) is 13.5. The summed E-state index contributed by atoms with van der Waals surface area (Å²) in [5.74, 6) is -2.25. The average molecular weight is 337 g/mol. The Morgan fingerprint density at radius 2 is 1.83 bits per heavy atom. The fourth-order valence-electron chi connectivity index (χ4n) is 3.50. The number of amides is 1. The van der Waals surface area contributed by atoms with E-state index in [0.717, 1.165) is 18.2 Å². The summed E-state index contributed by atoms with van der Waals surface area (Å²) in [6.07, 6.45) is 2.69. The Morgan fingerprint density at radius 1 is 1.08 bits per heavy atom. The zero-order chi connectivity index (χ0) is 17.1. The van der Waals surface area contributed by atoms with E-state index in [4.69, 9.17) is 4.74 Å². The van der Waals surface area contributed by atoms with Gasteiger partial charge >= 0.3 is 0 Å². The maximum Gasteiger partial charge on any atom is 0.225 e. The van der Waals surface area contributed by atoms with Crippen molar-refractivity contribution in [3.05, 3.63) is 35.4 Å². The summed E-state index contributed by atoms with van der Waals surface area (Å²) in [5, 5.41) is 0. The van der Waals surface area contributed by atoms with Crippen molar-refractivity contribution in [2.45, 2.75) is 25.7 Å². The van der Waals surface area contributed by atoms with Gasteiger partial charge in [0.15, 0.2) is 5.78 Å². The first-order chi connectivity index (χ1) is 11.6. The Morgan fingerprint density at radius 3 is 2.58 bits per heavy atom. The molecule has 1 unspecified atom stereocenters. The highest BCUT2D eigenvalue weighted by Gasteiger charge is 2.33. The number of ketones is 1. The Balaban J connectivity index is 1.69. The van der Waals surface area contributed by atoms with Crippen LogP contribution in [0.2, 0.25) is 0 Å². The van der Waals surface area contributed by atoms with Crippen molar-refractivity contribution in [1.82, 2.24) is 4.90 Å². The minimum absolute atomic E-state index is 0.0514. The second-order valence-electron chi connectivity index (χ2n) is 6.50. The molecular weight excluding hydrogens is 316 g/mol. The van der Waals surface area contributed by atoms with E-state index < -0.39 is 23.3 Å². The molecule has 3 rings (SSSR count). The molecule has 0 aliphatic carbocycles. The first-order valence-electron chi connectivity index (χ1n) is 8.42. The smallest absolute Gasteiger partial charge is 0.225 e. The van der Waals surface area contributed by atoms with Crippen LogP contribution in [0.15, 0.2) is 18.2 Å². The Hall–Kier alpha value is -1.82. The minimum Gasteiger partial charge on any atom is -0.381 e. The second kappa shape index (κ2) is 7.38. The lowest BCUT2D eigenvalue weighted by atomic mass is 9.88. The Bertz CT molecular complexity index is 629. The van der Waals surface area contributed by atoms with Crippen molar-refractivity contribution in [1.29, 1.82) is 0 Å². The van der Waals surface area contributed by atoms with E-state index in [0.29, 0.717) is 45.4 Å². The number of rotatable bonds is 3. The summed E-state index contributed by atoms with van der Waals surface area (Å²) in [6, 6.07) is 2.90. The maximum absolute atomic E-state index is 13.8. The molecule has 1 amide bonds. The van der Waals surface area contributed by atoms with Crippen molar-refractivity contribution in [2.24, 2.45) is 11.8 Å². The van der Waals surface area contributed by atoms with Crippen LogP contribution >= 0.6 is 0 Å². The lowest BCUT2D eigenvalue weighted by Crippen LogP contribution is -2.46.